The van der Waals surface area contributed by atoms with E-state index in [0.717, 1.165) is 39.1 Å². The van der Waals surface area contributed by atoms with Crippen molar-refractivity contribution in [3.05, 3.63) is 54.1 Å². The predicted octanol–water partition coefficient (Wildman–Crippen LogP) is 3.29. The van der Waals surface area contributed by atoms with Gasteiger partial charge in [-0.2, -0.15) is 0 Å². The van der Waals surface area contributed by atoms with Crippen molar-refractivity contribution in [1.82, 2.24) is 9.62 Å². The third kappa shape index (κ3) is 7.99. The number of hydrogen-bond acceptors (Lipinski definition) is 6. The Morgan fingerprint density at radius 3 is 2.42 bits per heavy atom. The fourth-order valence-corrected chi connectivity index (χ4v) is 5.18. The van der Waals surface area contributed by atoms with E-state index in [1.807, 2.05) is 13.8 Å². The van der Waals surface area contributed by atoms with E-state index in [2.05, 4.69) is 45.7 Å². The van der Waals surface area contributed by atoms with Crippen LogP contribution < -0.4 is 14.4 Å². The van der Waals surface area contributed by atoms with Crippen LogP contribution in [0.3, 0.4) is 0 Å². The molecule has 1 unspecified atom stereocenters. The molecule has 1 N–H and O–H groups in total. The van der Waals surface area contributed by atoms with Crippen molar-refractivity contribution in [1.29, 1.82) is 0 Å². The van der Waals surface area contributed by atoms with Gasteiger partial charge in [-0.25, -0.2) is 13.1 Å². The summed E-state index contributed by atoms with van der Waals surface area (Å²) in [6.45, 7) is 12.4. The van der Waals surface area contributed by atoms with Gasteiger partial charge in [-0.15, -0.1) is 0 Å². The Hall–Kier alpha value is -2.13. The Bertz CT molecular complexity index is 958. The molecule has 2 aromatic rings. The van der Waals surface area contributed by atoms with E-state index in [0.29, 0.717) is 25.6 Å². The number of piperazine rings is 1. The molecule has 1 heterocycles. The van der Waals surface area contributed by atoms with Crippen LogP contribution >= 0.6 is 0 Å². The zero-order valence-corrected chi connectivity index (χ0v) is 20.8. The largest absolute Gasteiger partial charge is 0.491 e. The van der Waals surface area contributed by atoms with Crippen LogP contribution in [0.25, 0.3) is 0 Å². The average molecular weight is 476 g/mol. The second-order valence-corrected chi connectivity index (χ2v) is 10.2. The van der Waals surface area contributed by atoms with E-state index < -0.39 is 10.0 Å². The molecule has 1 saturated heterocycles. The molecule has 0 aliphatic carbocycles. The molecule has 2 aromatic carbocycles. The van der Waals surface area contributed by atoms with Crippen molar-refractivity contribution in [2.75, 3.05) is 57.4 Å². The molecule has 0 aromatic heterocycles. The van der Waals surface area contributed by atoms with Gasteiger partial charge in [0.25, 0.3) is 0 Å². The smallest absolute Gasteiger partial charge is 0.240 e. The Morgan fingerprint density at radius 1 is 1.03 bits per heavy atom. The summed E-state index contributed by atoms with van der Waals surface area (Å²) in [5, 5.41) is 0. The highest BCUT2D eigenvalue weighted by Crippen LogP contribution is 2.19. The zero-order valence-electron chi connectivity index (χ0n) is 20.0. The van der Waals surface area contributed by atoms with Crippen LogP contribution in [-0.2, 0) is 14.8 Å². The topological polar surface area (TPSA) is 71.1 Å². The lowest BCUT2D eigenvalue weighted by Crippen LogP contribution is -2.47. The number of sulfonamides is 1. The number of hydrogen-bond donors (Lipinski definition) is 1. The molecule has 8 heteroatoms. The summed E-state index contributed by atoms with van der Waals surface area (Å²) in [5.41, 5.74) is 2.56. The first kappa shape index (κ1) is 25.5. The lowest BCUT2D eigenvalue weighted by molar-refractivity contribution is 0.110. The molecule has 1 fully saturated rings. The van der Waals surface area contributed by atoms with Crippen LogP contribution in [0.5, 0.6) is 5.75 Å². The minimum Gasteiger partial charge on any atom is -0.491 e. The molecule has 1 atom stereocenters. The van der Waals surface area contributed by atoms with Crippen molar-refractivity contribution in [2.24, 2.45) is 0 Å². The summed E-state index contributed by atoms with van der Waals surface area (Å²) >= 11 is 0. The molecule has 7 nitrogen and oxygen atoms in total. The van der Waals surface area contributed by atoms with Gasteiger partial charge in [-0.05, 0) is 75.7 Å². The molecular formula is C25H37N3O4S. The van der Waals surface area contributed by atoms with Crippen molar-refractivity contribution < 1.29 is 17.9 Å². The Morgan fingerprint density at radius 2 is 1.76 bits per heavy atom. The number of nitrogens with one attached hydrogen (secondary N) is 1. The van der Waals surface area contributed by atoms with Gasteiger partial charge in [0, 0.05) is 44.5 Å². The average Bonchev–Trinajstić information content (AvgIpc) is 2.81. The fraction of sp³-hybridized carbons (Fsp3) is 0.520. The molecule has 3 rings (SSSR count). The summed E-state index contributed by atoms with van der Waals surface area (Å²) in [7, 11) is -3.56. The quantitative estimate of drug-likeness (QED) is 0.475. The monoisotopic (exact) mass is 475 g/mol. The molecule has 0 bridgehead atoms. The highest BCUT2D eigenvalue weighted by Gasteiger charge is 2.20. The maximum absolute atomic E-state index is 12.7. The van der Waals surface area contributed by atoms with Gasteiger partial charge < -0.3 is 14.4 Å². The van der Waals surface area contributed by atoms with Crippen LogP contribution in [0.2, 0.25) is 0 Å². The van der Waals surface area contributed by atoms with E-state index in [1.165, 1.54) is 11.3 Å². The molecule has 182 valence electrons. The zero-order chi connectivity index (χ0) is 23.7. The third-order valence-corrected chi connectivity index (χ3v) is 7.41. The molecule has 33 heavy (non-hydrogen) atoms. The minimum absolute atomic E-state index is 0.146. The highest BCUT2D eigenvalue weighted by molar-refractivity contribution is 7.89. The fourth-order valence-electron chi connectivity index (χ4n) is 3.90. The number of nitrogens with zero attached hydrogens (tertiary/aromatic N) is 2. The highest BCUT2D eigenvalue weighted by atomic mass is 32.2. The second kappa shape index (κ2) is 12.4. The second-order valence-electron chi connectivity index (χ2n) is 8.50. The number of anilines is 1. The van der Waals surface area contributed by atoms with Crippen molar-refractivity contribution in [3.8, 4) is 5.75 Å². The molecular weight excluding hydrogens is 438 g/mol. The lowest BCUT2D eigenvalue weighted by atomic mass is 10.2. The number of ether oxygens (including phenoxy) is 2. The summed E-state index contributed by atoms with van der Waals surface area (Å²) < 4.78 is 39.1. The number of aryl methyl sites for hydroxylation is 1. The van der Waals surface area contributed by atoms with E-state index in [9.17, 15) is 8.42 Å². The maximum atomic E-state index is 12.7. The lowest BCUT2D eigenvalue weighted by Gasteiger charge is -2.36. The molecule has 0 amide bonds. The van der Waals surface area contributed by atoms with Gasteiger partial charge in [-0.3, -0.25) is 4.90 Å². The Labute approximate surface area is 198 Å². The minimum atomic E-state index is -3.56. The molecule has 0 radical (unpaired) electrons. The van der Waals surface area contributed by atoms with Crippen LogP contribution in [-0.4, -0.2) is 71.9 Å². The summed E-state index contributed by atoms with van der Waals surface area (Å²) in [4.78, 5) is 5.07. The van der Waals surface area contributed by atoms with Gasteiger partial charge in [0.15, 0.2) is 0 Å². The van der Waals surface area contributed by atoms with E-state index >= 15 is 0 Å². The number of rotatable bonds is 12. The maximum Gasteiger partial charge on any atom is 0.240 e. The summed E-state index contributed by atoms with van der Waals surface area (Å²) in [6.07, 6.45) is 0.766. The van der Waals surface area contributed by atoms with E-state index in [-0.39, 0.29) is 10.9 Å². The number of benzene rings is 2. The van der Waals surface area contributed by atoms with Crippen LogP contribution in [0.1, 0.15) is 25.8 Å². The standard InChI is InChI=1S/C25H37N3O4S/c1-4-31-18-19-32-24-8-10-25(11-9-24)33(29,30)26-22(3)12-13-27-14-16-28(17-15-27)23-7-5-6-21(2)20-23/h5-11,20,22,26H,4,12-19H2,1-3H3. The van der Waals surface area contributed by atoms with Gasteiger partial charge in [-0.1, -0.05) is 12.1 Å². The Kier molecular flexibility index (Phi) is 9.55. The van der Waals surface area contributed by atoms with Crippen LogP contribution in [0, 0.1) is 6.92 Å². The van der Waals surface area contributed by atoms with E-state index in [4.69, 9.17) is 9.47 Å². The molecule has 0 saturated carbocycles. The van der Waals surface area contributed by atoms with Gasteiger partial charge >= 0.3 is 0 Å². The predicted molar refractivity (Wildman–Crippen MR) is 133 cm³/mol. The molecule has 0 spiro atoms. The van der Waals surface area contributed by atoms with Gasteiger partial charge in [0.1, 0.15) is 12.4 Å². The third-order valence-electron chi connectivity index (χ3n) is 5.81. The van der Waals surface area contributed by atoms with Crippen LogP contribution in [0.4, 0.5) is 5.69 Å². The first-order valence-corrected chi connectivity index (χ1v) is 13.2. The van der Waals surface area contributed by atoms with Crippen LogP contribution in [0.15, 0.2) is 53.4 Å². The van der Waals surface area contributed by atoms with E-state index in [1.54, 1.807) is 24.3 Å². The normalized spacial score (nSPS) is 16.0. The first-order valence-electron chi connectivity index (χ1n) is 11.7. The summed E-state index contributed by atoms with van der Waals surface area (Å²) in [6, 6.07) is 15.0. The van der Waals surface area contributed by atoms with Crippen molar-refractivity contribution >= 4 is 15.7 Å². The van der Waals surface area contributed by atoms with Gasteiger partial charge in [0.2, 0.25) is 10.0 Å². The van der Waals surface area contributed by atoms with Crippen molar-refractivity contribution in [2.45, 2.75) is 38.1 Å². The Balaban J connectivity index is 1.41. The van der Waals surface area contributed by atoms with Gasteiger partial charge in [0.05, 0.1) is 11.5 Å². The summed E-state index contributed by atoms with van der Waals surface area (Å²) in [5.74, 6) is 0.631. The van der Waals surface area contributed by atoms with Crippen molar-refractivity contribution in [3.63, 3.8) is 0 Å². The SMILES string of the molecule is CCOCCOc1ccc(S(=O)(=O)NC(C)CCN2CCN(c3cccc(C)c3)CC2)cc1. The molecule has 1 aliphatic heterocycles. The molecule has 1 aliphatic rings. The first-order chi connectivity index (χ1) is 15.9.